The van der Waals surface area contributed by atoms with E-state index in [4.69, 9.17) is 10.8 Å². The SMILES string of the molecule is NCCCCCC(=O)NCc1ccccc1CC(=O)O. The highest BCUT2D eigenvalue weighted by molar-refractivity contribution is 5.76. The maximum atomic E-state index is 11.7. The van der Waals surface area contributed by atoms with Crippen LogP contribution in [0.1, 0.15) is 36.8 Å². The Hall–Kier alpha value is -1.88. The zero-order valence-electron chi connectivity index (χ0n) is 11.6. The molecular formula is C15H22N2O3. The third-order valence-corrected chi connectivity index (χ3v) is 3.04. The molecule has 0 aliphatic carbocycles. The van der Waals surface area contributed by atoms with Gasteiger partial charge in [0.2, 0.25) is 5.91 Å². The number of aliphatic carboxylic acids is 1. The Morgan fingerprint density at radius 1 is 1.10 bits per heavy atom. The van der Waals surface area contributed by atoms with Crippen LogP contribution in [0.5, 0.6) is 0 Å². The molecule has 0 heterocycles. The number of benzene rings is 1. The summed E-state index contributed by atoms with van der Waals surface area (Å²) in [5, 5.41) is 11.7. The van der Waals surface area contributed by atoms with Gasteiger partial charge in [-0.25, -0.2) is 0 Å². The normalized spacial score (nSPS) is 10.2. The molecule has 20 heavy (non-hydrogen) atoms. The Morgan fingerprint density at radius 2 is 1.80 bits per heavy atom. The van der Waals surface area contributed by atoms with Crippen LogP contribution in [0.4, 0.5) is 0 Å². The quantitative estimate of drug-likeness (QED) is 0.596. The number of carbonyl (C=O) groups is 2. The first-order valence-corrected chi connectivity index (χ1v) is 6.89. The van der Waals surface area contributed by atoms with Gasteiger partial charge in [0.1, 0.15) is 0 Å². The molecule has 0 saturated heterocycles. The van der Waals surface area contributed by atoms with Crippen LogP contribution in [0.3, 0.4) is 0 Å². The van der Waals surface area contributed by atoms with Gasteiger partial charge in [0.15, 0.2) is 0 Å². The van der Waals surface area contributed by atoms with Gasteiger partial charge in [-0.3, -0.25) is 9.59 Å². The van der Waals surface area contributed by atoms with Gasteiger partial charge in [-0.15, -0.1) is 0 Å². The Kier molecular flexibility index (Phi) is 7.35. The van der Waals surface area contributed by atoms with E-state index in [9.17, 15) is 9.59 Å². The van der Waals surface area contributed by atoms with Crippen molar-refractivity contribution in [3.05, 3.63) is 35.4 Å². The molecule has 0 saturated carbocycles. The molecule has 0 unspecified atom stereocenters. The minimum absolute atomic E-state index is 0.00727. The predicted octanol–water partition coefficient (Wildman–Crippen LogP) is 1.45. The maximum Gasteiger partial charge on any atom is 0.307 e. The number of carboxylic acid groups (broad SMARTS) is 1. The lowest BCUT2D eigenvalue weighted by Gasteiger charge is -2.09. The van der Waals surface area contributed by atoms with Gasteiger partial charge < -0.3 is 16.2 Å². The fraction of sp³-hybridized carbons (Fsp3) is 0.467. The fourth-order valence-corrected chi connectivity index (χ4v) is 1.95. The molecule has 0 aliphatic rings. The Balaban J connectivity index is 2.41. The lowest BCUT2D eigenvalue weighted by Crippen LogP contribution is -2.23. The predicted molar refractivity (Wildman–Crippen MR) is 77.2 cm³/mol. The molecule has 4 N–H and O–H groups in total. The third kappa shape index (κ3) is 6.33. The number of amides is 1. The number of nitrogens with one attached hydrogen (secondary N) is 1. The molecule has 0 fully saturated rings. The van der Waals surface area contributed by atoms with E-state index in [1.165, 1.54) is 0 Å². The molecule has 5 heteroatoms. The molecule has 1 aromatic rings. The van der Waals surface area contributed by atoms with Gasteiger partial charge in [-0.2, -0.15) is 0 Å². The first-order valence-electron chi connectivity index (χ1n) is 6.89. The molecular weight excluding hydrogens is 256 g/mol. The highest BCUT2D eigenvalue weighted by atomic mass is 16.4. The van der Waals surface area contributed by atoms with E-state index >= 15 is 0 Å². The number of rotatable bonds is 9. The van der Waals surface area contributed by atoms with Gasteiger partial charge in [0.25, 0.3) is 0 Å². The molecule has 5 nitrogen and oxygen atoms in total. The topological polar surface area (TPSA) is 92.4 Å². The van der Waals surface area contributed by atoms with Crippen LogP contribution in [0.2, 0.25) is 0 Å². The van der Waals surface area contributed by atoms with Gasteiger partial charge in [0, 0.05) is 13.0 Å². The fourth-order valence-electron chi connectivity index (χ4n) is 1.95. The van der Waals surface area contributed by atoms with E-state index in [1.807, 2.05) is 12.1 Å². The zero-order chi connectivity index (χ0) is 14.8. The van der Waals surface area contributed by atoms with Crippen LogP contribution in [0.15, 0.2) is 24.3 Å². The second-order valence-corrected chi connectivity index (χ2v) is 4.72. The Bertz CT molecular complexity index is 446. The second-order valence-electron chi connectivity index (χ2n) is 4.72. The monoisotopic (exact) mass is 278 g/mol. The molecule has 110 valence electrons. The second kappa shape index (κ2) is 9.09. The summed E-state index contributed by atoms with van der Waals surface area (Å²) in [6, 6.07) is 7.26. The maximum absolute atomic E-state index is 11.7. The minimum atomic E-state index is -0.870. The summed E-state index contributed by atoms with van der Waals surface area (Å²) in [5.74, 6) is -0.877. The largest absolute Gasteiger partial charge is 0.481 e. The summed E-state index contributed by atoms with van der Waals surface area (Å²) >= 11 is 0. The summed E-state index contributed by atoms with van der Waals surface area (Å²) in [4.78, 5) is 22.4. The summed E-state index contributed by atoms with van der Waals surface area (Å²) in [6.07, 6.45) is 3.19. The van der Waals surface area contributed by atoms with Crippen LogP contribution < -0.4 is 11.1 Å². The van der Waals surface area contributed by atoms with Crippen molar-refractivity contribution in [2.24, 2.45) is 5.73 Å². The van der Waals surface area contributed by atoms with Crippen LogP contribution in [0.25, 0.3) is 0 Å². The molecule has 0 spiro atoms. The van der Waals surface area contributed by atoms with E-state index in [1.54, 1.807) is 12.1 Å². The lowest BCUT2D eigenvalue weighted by molar-refractivity contribution is -0.136. The van der Waals surface area contributed by atoms with Crippen LogP contribution in [0, 0.1) is 0 Å². The molecule has 0 radical (unpaired) electrons. The van der Waals surface area contributed by atoms with E-state index in [0.717, 1.165) is 30.4 Å². The van der Waals surface area contributed by atoms with E-state index < -0.39 is 5.97 Å². The standard InChI is InChI=1S/C15H22N2O3/c16-9-5-1-2-8-14(18)17-11-13-7-4-3-6-12(13)10-15(19)20/h3-4,6-7H,1-2,5,8-11,16H2,(H,17,18)(H,19,20). The average molecular weight is 278 g/mol. The van der Waals surface area contributed by atoms with Crippen molar-refractivity contribution in [3.63, 3.8) is 0 Å². The number of hydrogen-bond donors (Lipinski definition) is 3. The highest BCUT2D eigenvalue weighted by Gasteiger charge is 2.07. The molecule has 1 aromatic carbocycles. The zero-order valence-corrected chi connectivity index (χ0v) is 11.6. The summed E-state index contributed by atoms with van der Waals surface area (Å²) in [6.45, 7) is 1.03. The average Bonchev–Trinajstić information content (AvgIpc) is 2.42. The molecule has 0 aliphatic heterocycles. The highest BCUT2D eigenvalue weighted by Crippen LogP contribution is 2.09. The van der Waals surface area contributed by atoms with Crippen molar-refractivity contribution in [3.8, 4) is 0 Å². The van der Waals surface area contributed by atoms with Crippen molar-refractivity contribution in [2.45, 2.75) is 38.6 Å². The van der Waals surface area contributed by atoms with E-state index in [-0.39, 0.29) is 12.3 Å². The van der Waals surface area contributed by atoms with Crippen molar-refractivity contribution in [1.29, 1.82) is 0 Å². The molecule has 1 rings (SSSR count). The lowest BCUT2D eigenvalue weighted by atomic mass is 10.0. The van der Waals surface area contributed by atoms with Crippen molar-refractivity contribution in [1.82, 2.24) is 5.32 Å². The third-order valence-electron chi connectivity index (χ3n) is 3.04. The minimum Gasteiger partial charge on any atom is -0.481 e. The molecule has 0 atom stereocenters. The summed E-state index contributed by atoms with van der Waals surface area (Å²) in [7, 11) is 0. The number of nitrogens with two attached hydrogens (primary N) is 1. The smallest absolute Gasteiger partial charge is 0.307 e. The first kappa shape index (κ1) is 16.2. The van der Waals surface area contributed by atoms with Crippen molar-refractivity contribution >= 4 is 11.9 Å². The van der Waals surface area contributed by atoms with E-state index in [2.05, 4.69) is 5.32 Å². The number of unbranched alkanes of at least 4 members (excludes halogenated alkanes) is 2. The van der Waals surface area contributed by atoms with Crippen LogP contribution in [-0.2, 0) is 22.6 Å². The molecule has 0 bridgehead atoms. The van der Waals surface area contributed by atoms with Gasteiger partial charge in [-0.05, 0) is 30.5 Å². The van der Waals surface area contributed by atoms with Crippen molar-refractivity contribution in [2.75, 3.05) is 6.54 Å². The van der Waals surface area contributed by atoms with Gasteiger partial charge in [0.05, 0.1) is 6.42 Å². The van der Waals surface area contributed by atoms with Gasteiger partial charge >= 0.3 is 5.97 Å². The molecule has 0 aromatic heterocycles. The van der Waals surface area contributed by atoms with Crippen molar-refractivity contribution < 1.29 is 14.7 Å². The number of hydrogen-bond acceptors (Lipinski definition) is 3. The Labute approximate surface area is 119 Å². The Morgan fingerprint density at radius 3 is 2.45 bits per heavy atom. The van der Waals surface area contributed by atoms with E-state index in [0.29, 0.717) is 19.5 Å². The number of carbonyl (C=O) groups excluding carboxylic acids is 1. The van der Waals surface area contributed by atoms with Gasteiger partial charge in [-0.1, -0.05) is 30.7 Å². The van der Waals surface area contributed by atoms with Crippen LogP contribution >= 0.6 is 0 Å². The first-order chi connectivity index (χ1) is 9.63. The summed E-state index contributed by atoms with van der Waals surface area (Å²) < 4.78 is 0. The van der Waals surface area contributed by atoms with Crippen LogP contribution in [-0.4, -0.2) is 23.5 Å². The summed E-state index contributed by atoms with van der Waals surface area (Å²) in [5.41, 5.74) is 6.98. The molecule has 1 amide bonds. The number of carboxylic acids is 1.